The summed E-state index contributed by atoms with van der Waals surface area (Å²) in [6, 6.07) is 3.33. The third-order valence-corrected chi connectivity index (χ3v) is 3.61. The average molecular weight is 234 g/mol. The summed E-state index contributed by atoms with van der Waals surface area (Å²) in [6.45, 7) is 3.45. The highest BCUT2D eigenvalue weighted by atomic mass is 15.1. The molecule has 1 saturated heterocycles. The fourth-order valence-electron chi connectivity index (χ4n) is 2.31. The van der Waals surface area contributed by atoms with Crippen molar-refractivity contribution in [3.8, 4) is 0 Å². The molecule has 0 saturated carbocycles. The van der Waals surface area contributed by atoms with Crippen molar-refractivity contribution in [1.29, 1.82) is 0 Å². The zero-order chi connectivity index (χ0) is 12.3. The Labute approximate surface area is 103 Å². The maximum atomic E-state index is 4.22. The van der Waals surface area contributed by atoms with Crippen molar-refractivity contribution in [2.45, 2.75) is 31.8 Å². The lowest BCUT2D eigenvalue weighted by Gasteiger charge is -2.35. The van der Waals surface area contributed by atoms with Gasteiger partial charge in [0.15, 0.2) is 0 Å². The Morgan fingerprint density at radius 1 is 1.35 bits per heavy atom. The predicted octanol–water partition coefficient (Wildman–Crippen LogP) is 2.02. The summed E-state index contributed by atoms with van der Waals surface area (Å²) >= 11 is 0. The highest BCUT2D eigenvalue weighted by Crippen LogP contribution is 2.20. The lowest BCUT2D eigenvalue weighted by molar-refractivity contribution is 0.190. The first-order valence-corrected chi connectivity index (χ1v) is 6.28. The SMILES string of the molecule is CNc1cncc(NC2CCN(C)C(C)C2)c1. The Balaban J connectivity index is 1.96. The topological polar surface area (TPSA) is 40.2 Å². The van der Waals surface area contributed by atoms with E-state index in [0.717, 1.165) is 17.9 Å². The minimum Gasteiger partial charge on any atom is -0.387 e. The molecule has 1 aliphatic rings. The van der Waals surface area contributed by atoms with E-state index in [4.69, 9.17) is 0 Å². The normalized spacial score (nSPS) is 25.6. The molecule has 0 amide bonds. The number of aromatic nitrogens is 1. The van der Waals surface area contributed by atoms with E-state index in [-0.39, 0.29) is 0 Å². The molecular weight excluding hydrogens is 212 g/mol. The van der Waals surface area contributed by atoms with Gasteiger partial charge in [-0.2, -0.15) is 0 Å². The number of rotatable bonds is 3. The summed E-state index contributed by atoms with van der Waals surface area (Å²) in [5.41, 5.74) is 2.16. The number of nitrogens with one attached hydrogen (secondary N) is 2. The quantitative estimate of drug-likeness (QED) is 0.839. The molecule has 1 aromatic rings. The standard InChI is InChI=1S/C13H22N4/c1-10-6-11(4-5-17(10)3)16-13-7-12(14-2)8-15-9-13/h7-11,14,16H,4-6H2,1-3H3. The summed E-state index contributed by atoms with van der Waals surface area (Å²) in [5.74, 6) is 0. The molecule has 2 atom stereocenters. The van der Waals surface area contributed by atoms with Crippen LogP contribution in [0.4, 0.5) is 11.4 Å². The van der Waals surface area contributed by atoms with E-state index in [1.165, 1.54) is 12.8 Å². The van der Waals surface area contributed by atoms with Crippen molar-refractivity contribution in [2.24, 2.45) is 0 Å². The Bertz CT molecular complexity index is 366. The van der Waals surface area contributed by atoms with Gasteiger partial charge in [0.05, 0.1) is 23.8 Å². The molecule has 0 radical (unpaired) electrons. The molecule has 2 heterocycles. The van der Waals surface area contributed by atoms with Crippen LogP contribution in [0.15, 0.2) is 18.5 Å². The van der Waals surface area contributed by atoms with Crippen LogP contribution in [-0.2, 0) is 0 Å². The minimum atomic E-state index is 0.565. The van der Waals surface area contributed by atoms with Gasteiger partial charge < -0.3 is 15.5 Å². The number of hydrogen-bond donors (Lipinski definition) is 2. The number of pyridine rings is 1. The second kappa shape index (κ2) is 5.36. The molecule has 0 aromatic carbocycles. The molecule has 4 heteroatoms. The summed E-state index contributed by atoms with van der Waals surface area (Å²) in [5, 5.41) is 6.69. The number of nitrogens with zero attached hydrogens (tertiary/aromatic N) is 2. The monoisotopic (exact) mass is 234 g/mol. The maximum absolute atomic E-state index is 4.22. The highest BCUT2D eigenvalue weighted by molar-refractivity contribution is 5.54. The maximum Gasteiger partial charge on any atom is 0.0549 e. The van der Waals surface area contributed by atoms with Gasteiger partial charge in [0.25, 0.3) is 0 Å². The zero-order valence-corrected chi connectivity index (χ0v) is 10.9. The highest BCUT2D eigenvalue weighted by Gasteiger charge is 2.22. The summed E-state index contributed by atoms with van der Waals surface area (Å²) in [4.78, 5) is 6.64. The molecule has 2 rings (SSSR count). The molecule has 0 bridgehead atoms. The Morgan fingerprint density at radius 3 is 2.82 bits per heavy atom. The number of hydrogen-bond acceptors (Lipinski definition) is 4. The average Bonchev–Trinajstić information content (AvgIpc) is 2.34. The van der Waals surface area contributed by atoms with E-state index >= 15 is 0 Å². The van der Waals surface area contributed by atoms with E-state index in [2.05, 4.69) is 40.6 Å². The first-order chi connectivity index (χ1) is 8.19. The first kappa shape index (κ1) is 12.2. The third kappa shape index (κ3) is 3.09. The number of anilines is 2. The molecule has 1 aromatic heterocycles. The van der Waals surface area contributed by atoms with Crippen LogP contribution in [0.2, 0.25) is 0 Å². The number of likely N-dealkylation sites (tertiary alicyclic amines) is 1. The van der Waals surface area contributed by atoms with Gasteiger partial charge in [-0.1, -0.05) is 0 Å². The molecule has 2 N–H and O–H groups in total. The summed E-state index contributed by atoms with van der Waals surface area (Å²) in [6.07, 6.45) is 6.12. The van der Waals surface area contributed by atoms with Gasteiger partial charge in [0.2, 0.25) is 0 Å². The van der Waals surface area contributed by atoms with Crippen molar-refractivity contribution in [1.82, 2.24) is 9.88 Å². The van der Waals surface area contributed by atoms with Crippen molar-refractivity contribution in [3.05, 3.63) is 18.5 Å². The van der Waals surface area contributed by atoms with Crippen LogP contribution in [0.1, 0.15) is 19.8 Å². The Hall–Kier alpha value is -1.29. The first-order valence-electron chi connectivity index (χ1n) is 6.28. The van der Waals surface area contributed by atoms with Crippen molar-refractivity contribution in [3.63, 3.8) is 0 Å². The van der Waals surface area contributed by atoms with Crippen LogP contribution in [0.5, 0.6) is 0 Å². The zero-order valence-electron chi connectivity index (χ0n) is 10.9. The predicted molar refractivity (Wildman–Crippen MR) is 72.5 cm³/mol. The third-order valence-electron chi connectivity index (χ3n) is 3.61. The van der Waals surface area contributed by atoms with Gasteiger partial charge in [0.1, 0.15) is 0 Å². The summed E-state index contributed by atoms with van der Waals surface area (Å²) in [7, 11) is 4.11. The second-order valence-corrected chi connectivity index (χ2v) is 4.91. The molecule has 4 nitrogen and oxygen atoms in total. The van der Waals surface area contributed by atoms with E-state index in [9.17, 15) is 0 Å². The van der Waals surface area contributed by atoms with Crippen LogP contribution < -0.4 is 10.6 Å². The van der Waals surface area contributed by atoms with Crippen LogP contribution in [0.3, 0.4) is 0 Å². The largest absolute Gasteiger partial charge is 0.387 e. The van der Waals surface area contributed by atoms with E-state index in [0.29, 0.717) is 12.1 Å². The van der Waals surface area contributed by atoms with Crippen LogP contribution >= 0.6 is 0 Å². The van der Waals surface area contributed by atoms with E-state index < -0.39 is 0 Å². The van der Waals surface area contributed by atoms with Gasteiger partial charge >= 0.3 is 0 Å². The van der Waals surface area contributed by atoms with Crippen LogP contribution in [0.25, 0.3) is 0 Å². The molecular formula is C13H22N4. The van der Waals surface area contributed by atoms with Gasteiger partial charge in [0, 0.05) is 25.7 Å². The fourth-order valence-corrected chi connectivity index (χ4v) is 2.31. The van der Waals surface area contributed by atoms with Gasteiger partial charge in [-0.05, 0) is 32.9 Å². The van der Waals surface area contributed by atoms with Crippen LogP contribution in [0, 0.1) is 0 Å². The van der Waals surface area contributed by atoms with E-state index in [1.54, 1.807) is 0 Å². The smallest absolute Gasteiger partial charge is 0.0549 e. The molecule has 0 aliphatic carbocycles. The van der Waals surface area contributed by atoms with Crippen LogP contribution in [-0.4, -0.2) is 42.6 Å². The molecule has 1 aliphatic heterocycles. The van der Waals surface area contributed by atoms with Gasteiger partial charge in [-0.15, -0.1) is 0 Å². The van der Waals surface area contributed by atoms with Gasteiger partial charge in [-0.3, -0.25) is 4.98 Å². The summed E-state index contributed by atoms with van der Waals surface area (Å²) < 4.78 is 0. The lowest BCUT2D eigenvalue weighted by Crippen LogP contribution is -2.42. The minimum absolute atomic E-state index is 0.565. The fraction of sp³-hybridized carbons (Fsp3) is 0.615. The molecule has 1 fully saturated rings. The second-order valence-electron chi connectivity index (χ2n) is 4.91. The molecule has 2 unspecified atom stereocenters. The molecule has 94 valence electrons. The Kier molecular flexibility index (Phi) is 3.84. The van der Waals surface area contributed by atoms with E-state index in [1.807, 2.05) is 19.4 Å². The Morgan fingerprint density at radius 2 is 2.12 bits per heavy atom. The van der Waals surface area contributed by atoms with Crippen molar-refractivity contribution < 1.29 is 0 Å². The molecule has 17 heavy (non-hydrogen) atoms. The van der Waals surface area contributed by atoms with Crippen molar-refractivity contribution in [2.75, 3.05) is 31.3 Å². The van der Waals surface area contributed by atoms with Gasteiger partial charge in [-0.25, -0.2) is 0 Å². The lowest BCUT2D eigenvalue weighted by atomic mass is 9.99. The molecule has 0 spiro atoms. The number of piperidine rings is 1. The van der Waals surface area contributed by atoms with Crippen molar-refractivity contribution >= 4 is 11.4 Å².